The summed E-state index contributed by atoms with van der Waals surface area (Å²) < 4.78 is 1.72. The van der Waals surface area contributed by atoms with E-state index in [1.807, 2.05) is 13.1 Å². The highest BCUT2D eigenvalue weighted by atomic mass is 35.5. The Morgan fingerprint density at radius 1 is 1.70 bits per heavy atom. The number of halogens is 1. The van der Waals surface area contributed by atoms with Crippen molar-refractivity contribution >= 4 is 17.2 Å². The van der Waals surface area contributed by atoms with E-state index in [-0.39, 0.29) is 0 Å². The highest BCUT2D eigenvalue weighted by Crippen LogP contribution is 2.18. The second-order valence-corrected chi connectivity index (χ2v) is 2.53. The number of hydrogen-bond acceptors (Lipinski definition) is 1. The highest BCUT2D eigenvalue weighted by molar-refractivity contribution is 6.34. The van der Waals surface area contributed by atoms with Crippen molar-refractivity contribution in [3.05, 3.63) is 23.1 Å². The van der Waals surface area contributed by atoms with Gasteiger partial charge in [-0.1, -0.05) is 11.6 Å². The number of H-pyrrole nitrogens is 1. The van der Waals surface area contributed by atoms with Gasteiger partial charge >= 0.3 is 0 Å². The minimum Gasteiger partial charge on any atom is -0.344 e. The number of nitrogens with zero attached hydrogens (tertiary/aromatic N) is 2. The number of imidazole rings is 1. The van der Waals surface area contributed by atoms with Crippen LogP contribution in [0.5, 0.6) is 0 Å². The molecule has 2 aromatic heterocycles. The first-order chi connectivity index (χ1) is 4.79. The highest BCUT2D eigenvalue weighted by Gasteiger charge is 2.05. The molecule has 0 atom stereocenters. The Bertz CT molecular complexity index is 360. The smallest absolute Gasteiger partial charge is 0.152 e. The van der Waals surface area contributed by atoms with Gasteiger partial charge in [0, 0.05) is 12.4 Å². The van der Waals surface area contributed by atoms with Crippen molar-refractivity contribution in [3.8, 4) is 0 Å². The SMILES string of the molecule is Cc1nn2cc[nH]c2c1Cl. The van der Waals surface area contributed by atoms with Crippen molar-refractivity contribution < 1.29 is 0 Å². The molecule has 1 N–H and O–H groups in total. The molecule has 0 radical (unpaired) electrons. The van der Waals surface area contributed by atoms with Crippen LogP contribution in [0.15, 0.2) is 12.4 Å². The zero-order chi connectivity index (χ0) is 7.14. The molecule has 52 valence electrons. The molecule has 0 unspecified atom stereocenters. The van der Waals surface area contributed by atoms with Crippen LogP contribution in [0.4, 0.5) is 0 Å². The van der Waals surface area contributed by atoms with E-state index in [1.165, 1.54) is 0 Å². The third-order valence-electron chi connectivity index (χ3n) is 1.45. The van der Waals surface area contributed by atoms with Crippen LogP contribution in [-0.2, 0) is 0 Å². The van der Waals surface area contributed by atoms with Crippen LogP contribution in [0, 0.1) is 6.92 Å². The van der Waals surface area contributed by atoms with Crippen LogP contribution in [0.2, 0.25) is 5.02 Å². The fourth-order valence-corrected chi connectivity index (χ4v) is 1.13. The number of aryl methyl sites for hydroxylation is 1. The van der Waals surface area contributed by atoms with Crippen molar-refractivity contribution in [1.29, 1.82) is 0 Å². The fourth-order valence-electron chi connectivity index (χ4n) is 0.952. The summed E-state index contributed by atoms with van der Waals surface area (Å²) in [5.74, 6) is 0. The lowest BCUT2D eigenvalue weighted by molar-refractivity contribution is 0.944. The summed E-state index contributed by atoms with van der Waals surface area (Å²) in [4.78, 5) is 2.98. The number of fused-ring (bicyclic) bond motifs is 1. The maximum atomic E-state index is 5.87. The van der Waals surface area contributed by atoms with Gasteiger partial charge in [0.25, 0.3) is 0 Å². The Balaban J connectivity index is 2.95. The molecule has 0 bridgehead atoms. The van der Waals surface area contributed by atoms with Gasteiger partial charge in [0.1, 0.15) is 5.02 Å². The Labute approximate surface area is 62.6 Å². The molecular formula is C6H6ClN3. The standard InChI is InChI=1S/C6H6ClN3/c1-4-5(7)6-8-2-3-10(6)9-4/h2-3,8H,1H3. The number of aromatic nitrogens is 3. The van der Waals surface area contributed by atoms with Crippen molar-refractivity contribution in [2.24, 2.45) is 0 Å². The van der Waals surface area contributed by atoms with Gasteiger partial charge in [-0.25, -0.2) is 4.52 Å². The predicted molar refractivity (Wildman–Crippen MR) is 39.3 cm³/mol. The van der Waals surface area contributed by atoms with Gasteiger partial charge in [0.05, 0.1) is 5.69 Å². The van der Waals surface area contributed by atoms with E-state index in [9.17, 15) is 0 Å². The molecular weight excluding hydrogens is 150 g/mol. The van der Waals surface area contributed by atoms with E-state index in [1.54, 1.807) is 10.7 Å². The molecule has 0 aromatic carbocycles. The van der Waals surface area contributed by atoms with Gasteiger partial charge in [-0.3, -0.25) is 0 Å². The van der Waals surface area contributed by atoms with Crippen molar-refractivity contribution in [2.45, 2.75) is 6.92 Å². The summed E-state index contributed by atoms with van der Waals surface area (Å²) in [7, 11) is 0. The molecule has 10 heavy (non-hydrogen) atoms. The quantitative estimate of drug-likeness (QED) is 0.616. The van der Waals surface area contributed by atoms with E-state index in [0.717, 1.165) is 11.3 Å². The number of rotatable bonds is 0. The average Bonchev–Trinajstić information content (AvgIpc) is 2.41. The topological polar surface area (TPSA) is 33.1 Å². The number of hydrogen-bond donors (Lipinski definition) is 1. The van der Waals surface area contributed by atoms with Gasteiger partial charge in [0.2, 0.25) is 0 Å². The Morgan fingerprint density at radius 2 is 2.50 bits per heavy atom. The second-order valence-electron chi connectivity index (χ2n) is 2.15. The fraction of sp³-hybridized carbons (Fsp3) is 0.167. The zero-order valence-electron chi connectivity index (χ0n) is 5.43. The number of nitrogens with one attached hydrogen (secondary N) is 1. The van der Waals surface area contributed by atoms with Crippen LogP contribution < -0.4 is 0 Å². The second kappa shape index (κ2) is 1.76. The minimum atomic E-state index is 0.699. The van der Waals surface area contributed by atoms with E-state index in [0.29, 0.717) is 5.02 Å². The van der Waals surface area contributed by atoms with Crippen LogP contribution in [0.1, 0.15) is 5.69 Å². The molecule has 0 fully saturated rings. The largest absolute Gasteiger partial charge is 0.344 e. The minimum absolute atomic E-state index is 0.699. The average molecular weight is 156 g/mol. The van der Waals surface area contributed by atoms with Gasteiger partial charge in [-0.05, 0) is 6.92 Å². The molecule has 4 heteroatoms. The van der Waals surface area contributed by atoms with Gasteiger partial charge in [-0.2, -0.15) is 5.10 Å². The summed E-state index contributed by atoms with van der Waals surface area (Å²) >= 11 is 5.87. The first-order valence-electron chi connectivity index (χ1n) is 2.97. The molecule has 0 aliphatic rings. The molecule has 0 aliphatic heterocycles. The monoisotopic (exact) mass is 155 g/mol. The Hall–Kier alpha value is -0.960. The lowest BCUT2D eigenvalue weighted by Gasteiger charge is -1.78. The summed E-state index contributed by atoms with van der Waals surface area (Å²) in [6.07, 6.45) is 3.63. The molecule has 0 spiro atoms. The summed E-state index contributed by atoms with van der Waals surface area (Å²) in [6, 6.07) is 0. The maximum Gasteiger partial charge on any atom is 0.152 e. The molecule has 0 amide bonds. The van der Waals surface area contributed by atoms with Crippen molar-refractivity contribution in [3.63, 3.8) is 0 Å². The van der Waals surface area contributed by atoms with Gasteiger partial charge in [0.15, 0.2) is 5.65 Å². The maximum absolute atomic E-state index is 5.87. The van der Waals surface area contributed by atoms with Crippen molar-refractivity contribution in [2.75, 3.05) is 0 Å². The molecule has 0 saturated heterocycles. The third kappa shape index (κ3) is 0.580. The van der Waals surface area contributed by atoms with E-state index in [4.69, 9.17) is 11.6 Å². The van der Waals surface area contributed by atoms with Crippen LogP contribution in [0.3, 0.4) is 0 Å². The summed E-state index contributed by atoms with van der Waals surface area (Å²) in [5, 5.41) is 4.83. The molecule has 0 aliphatic carbocycles. The van der Waals surface area contributed by atoms with Gasteiger partial charge in [-0.15, -0.1) is 0 Å². The van der Waals surface area contributed by atoms with Crippen LogP contribution in [0.25, 0.3) is 5.65 Å². The molecule has 0 saturated carbocycles. The zero-order valence-corrected chi connectivity index (χ0v) is 6.18. The Kier molecular flexibility index (Phi) is 1.02. The van der Waals surface area contributed by atoms with E-state index < -0.39 is 0 Å². The normalized spacial score (nSPS) is 11.0. The lowest BCUT2D eigenvalue weighted by Crippen LogP contribution is -1.78. The molecule has 2 aromatic rings. The molecule has 2 rings (SSSR count). The lowest BCUT2D eigenvalue weighted by atomic mass is 10.5. The van der Waals surface area contributed by atoms with E-state index in [2.05, 4.69) is 10.1 Å². The Morgan fingerprint density at radius 3 is 3.20 bits per heavy atom. The number of aromatic amines is 1. The van der Waals surface area contributed by atoms with E-state index >= 15 is 0 Å². The third-order valence-corrected chi connectivity index (χ3v) is 1.90. The van der Waals surface area contributed by atoms with Crippen molar-refractivity contribution in [1.82, 2.24) is 14.6 Å². The molecule has 3 nitrogen and oxygen atoms in total. The first-order valence-corrected chi connectivity index (χ1v) is 3.34. The van der Waals surface area contributed by atoms with Crippen LogP contribution in [-0.4, -0.2) is 14.6 Å². The molecule has 2 heterocycles. The summed E-state index contributed by atoms with van der Waals surface area (Å²) in [5.41, 5.74) is 1.72. The van der Waals surface area contributed by atoms with Gasteiger partial charge < -0.3 is 4.98 Å². The predicted octanol–water partition coefficient (Wildman–Crippen LogP) is 1.62. The van der Waals surface area contributed by atoms with Crippen LogP contribution >= 0.6 is 11.6 Å². The first kappa shape index (κ1) is 5.80. The summed E-state index contributed by atoms with van der Waals surface area (Å²) in [6.45, 7) is 1.88.